The smallest absolute Gasteiger partial charge is 0.308 e. The normalized spacial score (nSPS) is 27.1. The summed E-state index contributed by atoms with van der Waals surface area (Å²) < 4.78 is 31.1. The molecule has 0 aliphatic carbocycles. The Morgan fingerprint density at radius 3 is 2.63 bits per heavy atom. The molecule has 0 spiro atoms. The number of rotatable bonds is 6. The molecule has 0 aromatic heterocycles. The zero-order chi connectivity index (χ0) is 14.6. The average Bonchev–Trinajstić information content (AvgIpc) is 2.35. The summed E-state index contributed by atoms with van der Waals surface area (Å²) in [5, 5.41) is 9.12. The van der Waals surface area contributed by atoms with Crippen molar-refractivity contribution in [3.05, 3.63) is 0 Å². The number of hydrogen-bond acceptors (Lipinski definition) is 4. The Balaban J connectivity index is 2.85. The molecule has 0 aromatic rings. The van der Waals surface area contributed by atoms with Crippen molar-refractivity contribution in [1.82, 2.24) is 4.31 Å². The van der Waals surface area contributed by atoms with Crippen molar-refractivity contribution >= 4 is 16.0 Å². The van der Waals surface area contributed by atoms with Crippen molar-refractivity contribution in [1.29, 1.82) is 0 Å². The van der Waals surface area contributed by atoms with Gasteiger partial charge in [0, 0.05) is 19.7 Å². The predicted octanol–water partition coefficient (Wildman–Crippen LogP) is 0.926. The van der Waals surface area contributed by atoms with Gasteiger partial charge in [0.25, 0.3) is 0 Å². The van der Waals surface area contributed by atoms with Gasteiger partial charge in [-0.25, -0.2) is 8.42 Å². The van der Waals surface area contributed by atoms with E-state index in [9.17, 15) is 13.2 Å². The van der Waals surface area contributed by atoms with Gasteiger partial charge in [-0.1, -0.05) is 6.92 Å². The van der Waals surface area contributed by atoms with Gasteiger partial charge in [0.05, 0.1) is 17.8 Å². The summed E-state index contributed by atoms with van der Waals surface area (Å²) in [6, 6.07) is -0.495. The van der Waals surface area contributed by atoms with Crippen LogP contribution in [0.25, 0.3) is 0 Å². The topological polar surface area (TPSA) is 83.9 Å². The van der Waals surface area contributed by atoms with Gasteiger partial charge in [0.15, 0.2) is 0 Å². The van der Waals surface area contributed by atoms with E-state index in [0.29, 0.717) is 25.8 Å². The highest BCUT2D eigenvalue weighted by Gasteiger charge is 2.39. The Hall–Kier alpha value is -0.660. The number of piperidine rings is 1. The highest BCUT2D eigenvalue weighted by molar-refractivity contribution is 7.89. The fraction of sp³-hybridized carbons (Fsp3) is 0.917. The maximum absolute atomic E-state index is 12.3. The quantitative estimate of drug-likeness (QED) is 0.787. The predicted molar refractivity (Wildman–Crippen MR) is 71.4 cm³/mol. The van der Waals surface area contributed by atoms with E-state index in [4.69, 9.17) is 9.84 Å². The zero-order valence-corrected chi connectivity index (χ0v) is 12.5. The van der Waals surface area contributed by atoms with Crippen molar-refractivity contribution in [2.24, 2.45) is 5.92 Å². The van der Waals surface area contributed by atoms with E-state index < -0.39 is 28.0 Å². The molecule has 1 rings (SSSR count). The van der Waals surface area contributed by atoms with Crippen LogP contribution in [0.2, 0.25) is 0 Å². The lowest BCUT2D eigenvalue weighted by atomic mass is 9.92. The van der Waals surface area contributed by atoms with Crippen LogP contribution in [0, 0.1) is 5.92 Å². The molecule has 0 saturated carbocycles. The lowest BCUT2D eigenvalue weighted by Crippen LogP contribution is -2.50. The molecule has 1 saturated heterocycles. The second-order valence-electron chi connectivity index (χ2n) is 4.98. The molecule has 112 valence electrons. The summed E-state index contributed by atoms with van der Waals surface area (Å²) in [6.07, 6.45) is 1.39. The monoisotopic (exact) mass is 293 g/mol. The van der Waals surface area contributed by atoms with Crippen molar-refractivity contribution in [3.8, 4) is 0 Å². The first kappa shape index (κ1) is 16.4. The zero-order valence-electron chi connectivity index (χ0n) is 11.7. The first-order valence-electron chi connectivity index (χ1n) is 6.58. The van der Waals surface area contributed by atoms with Crippen molar-refractivity contribution < 1.29 is 23.1 Å². The van der Waals surface area contributed by atoms with Crippen LogP contribution in [0.4, 0.5) is 0 Å². The first-order chi connectivity index (χ1) is 8.83. The molecule has 1 aliphatic heterocycles. The largest absolute Gasteiger partial charge is 0.481 e. The molecule has 1 unspecified atom stereocenters. The molecule has 6 nitrogen and oxygen atoms in total. The van der Waals surface area contributed by atoms with Crippen LogP contribution in [0.1, 0.15) is 33.1 Å². The number of ether oxygens (including phenoxy) is 1. The Morgan fingerprint density at radius 1 is 1.53 bits per heavy atom. The average molecular weight is 293 g/mol. The number of carbonyl (C=O) groups is 1. The Labute approximate surface area is 114 Å². The number of nitrogens with zero attached hydrogens (tertiary/aromatic N) is 1. The Morgan fingerprint density at radius 2 is 2.16 bits per heavy atom. The van der Waals surface area contributed by atoms with Crippen LogP contribution in [-0.2, 0) is 19.6 Å². The number of carboxylic acids is 1. The maximum atomic E-state index is 12.3. The lowest BCUT2D eigenvalue weighted by molar-refractivity contribution is -0.144. The molecular weight excluding hydrogens is 270 g/mol. The number of carboxylic acid groups (broad SMARTS) is 1. The van der Waals surface area contributed by atoms with E-state index in [1.165, 1.54) is 11.4 Å². The van der Waals surface area contributed by atoms with Gasteiger partial charge in [-0.3, -0.25) is 4.79 Å². The van der Waals surface area contributed by atoms with E-state index in [1.807, 2.05) is 6.92 Å². The molecule has 0 bridgehead atoms. The van der Waals surface area contributed by atoms with Crippen LogP contribution in [0.15, 0.2) is 0 Å². The molecular formula is C12H23NO5S. The minimum Gasteiger partial charge on any atom is -0.481 e. The fourth-order valence-corrected chi connectivity index (χ4v) is 4.61. The van der Waals surface area contributed by atoms with Gasteiger partial charge in [-0.2, -0.15) is 4.31 Å². The highest BCUT2D eigenvalue weighted by atomic mass is 32.2. The van der Waals surface area contributed by atoms with Crippen molar-refractivity contribution in [2.75, 3.05) is 19.4 Å². The van der Waals surface area contributed by atoms with Crippen LogP contribution in [0.5, 0.6) is 0 Å². The maximum Gasteiger partial charge on any atom is 0.308 e. The molecule has 0 aromatic carbocycles. The standard InChI is InChI=1S/C12H23NO5S/c1-4-10(18-3)8-19(16,17)13-7-5-6-11(9(13)2)12(14)15/h9-11H,4-8H2,1-3H3,(H,14,15)/t9-,10?,11-/m0/s1. The summed E-state index contributed by atoms with van der Waals surface area (Å²) >= 11 is 0. The molecule has 3 atom stereocenters. The molecule has 19 heavy (non-hydrogen) atoms. The molecule has 7 heteroatoms. The highest BCUT2D eigenvalue weighted by Crippen LogP contribution is 2.27. The summed E-state index contributed by atoms with van der Waals surface area (Å²) in [4.78, 5) is 11.1. The number of hydrogen-bond donors (Lipinski definition) is 1. The van der Waals surface area contributed by atoms with E-state index in [2.05, 4.69) is 0 Å². The Kier molecular flexibility index (Phi) is 5.76. The second-order valence-corrected chi connectivity index (χ2v) is 6.95. The van der Waals surface area contributed by atoms with Crippen LogP contribution < -0.4 is 0 Å². The van der Waals surface area contributed by atoms with Gasteiger partial charge in [0.1, 0.15) is 0 Å². The summed E-state index contributed by atoms with van der Waals surface area (Å²) in [6.45, 7) is 3.93. The van der Waals surface area contributed by atoms with Gasteiger partial charge >= 0.3 is 5.97 Å². The molecule has 1 heterocycles. The first-order valence-corrected chi connectivity index (χ1v) is 8.19. The summed E-state index contributed by atoms with van der Waals surface area (Å²) in [5.41, 5.74) is 0. The minimum absolute atomic E-state index is 0.0866. The summed E-state index contributed by atoms with van der Waals surface area (Å²) in [7, 11) is -1.99. The molecule has 0 amide bonds. The van der Waals surface area contributed by atoms with Crippen LogP contribution >= 0.6 is 0 Å². The third-order valence-corrected chi connectivity index (χ3v) is 5.81. The van der Waals surface area contributed by atoms with E-state index >= 15 is 0 Å². The SMILES string of the molecule is CCC(CS(=O)(=O)N1CCC[C@H](C(=O)O)[C@@H]1C)OC. The number of aliphatic carboxylic acids is 1. The van der Waals surface area contributed by atoms with E-state index in [1.54, 1.807) is 6.92 Å². The molecule has 1 fully saturated rings. The van der Waals surface area contributed by atoms with Crippen LogP contribution in [-0.4, -0.2) is 55.4 Å². The van der Waals surface area contributed by atoms with Gasteiger partial charge in [-0.05, 0) is 26.2 Å². The number of methoxy groups -OCH3 is 1. The Bertz CT molecular complexity index is 404. The van der Waals surface area contributed by atoms with Gasteiger partial charge < -0.3 is 9.84 Å². The molecule has 1 N–H and O–H groups in total. The number of sulfonamides is 1. The van der Waals surface area contributed by atoms with Crippen LogP contribution in [0.3, 0.4) is 0 Å². The minimum atomic E-state index is -3.48. The van der Waals surface area contributed by atoms with Crippen molar-refractivity contribution in [2.45, 2.75) is 45.3 Å². The van der Waals surface area contributed by atoms with Gasteiger partial charge in [0.2, 0.25) is 10.0 Å². The third-order valence-electron chi connectivity index (χ3n) is 3.79. The molecule has 1 aliphatic rings. The second kappa shape index (κ2) is 6.67. The van der Waals surface area contributed by atoms with E-state index in [-0.39, 0.29) is 11.9 Å². The molecule has 0 radical (unpaired) electrons. The third kappa shape index (κ3) is 3.90. The lowest BCUT2D eigenvalue weighted by Gasteiger charge is -2.37. The fourth-order valence-electron chi connectivity index (χ4n) is 2.52. The van der Waals surface area contributed by atoms with E-state index in [0.717, 1.165) is 0 Å². The van der Waals surface area contributed by atoms with Crippen molar-refractivity contribution in [3.63, 3.8) is 0 Å². The summed E-state index contributed by atoms with van der Waals surface area (Å²) in [5.74, 6) is -1.63. The van der Waals surface area contributed by atoms with Gasteiger partial charge in [-0.15, -0.1) is 0 Å².